The minimum absolute atomic E-state index is 0.0604. The van der Waals surface area contributed by atoms with E-state index < -0.39 is 15.9 Å². The summed E-state index contributed by atoms with van der Waals surface area (Å²) in [6, 6.07) is 11.4. The van der Waals surface area contributed by atoms with Gasteiger partial charge in [0.05, 0.1) is 5.92 Å². The van der Waals surface area contributed by atoms with Gasteiger partial charge in [-0.05, 0) is 61.9 Å². The zero-order valence-corrected chi connectivity index (χ0v) is 19.6. The van der Waals surface area contributed by atoms with Gasteiger partial charge in [-0.15, -0.1) is 11.3 Å². The van der Waals surface area contributed by atoms with Gasteiger partial charge in [-0.25, -0.2) is 8.42 Å². The number of aromatic nitrogens is 1. The zero-order valence-electron chi connectivity index (χ0n) is 17.9. The zero-order chi connectivity index (χ0) is 22.7. The number of sulfonamides is 1. The van der Waals surface area contributed by atoms with Crippen molar-refractivity contribution in [2.75, 3.05) is 18.4 Å². The van der Waals surface area contributed by atoms with Crippen LogP contribution in [-0.2, 0) is 14.8 Å². The molecule has 1 atom stereocenters. The molecule has 3 heterocycles. The summed E-state index contributed by atoms with van der Waals surface area (Å²) in [5, 5.41) is 8.78. The standard InChI is InChI=1S/C23H25N3O4S2/c1-16-7-3-4-10-20(16)24-23(27)18-8-5-13-26(15-18)32(28,29)22-17(2)25-30-21(22)12-11-19-9-6-14-31-19/h3-4,6-7,9-12,14,18H,5,8,13,15H2,1-2H3,(H,24,27)/b12-11+/t18-/m1/s1. The van der Waals surface area contributed by atoms with Gasteiger partial charge in [0, 0.05) is 23.7 Å². The molecule has 1 aliphatic heterocycles. The van der Waals surface area contributed by atoms with Crippen LogP contribution >= 0.6 is 11.3 Å². The first-order valence-electron chi connectivity index (χ1n) is 10.4. The third-order valence-electron chi connectivity index (χ3n) is 5.53. The van der Waals surface area contributed by atoms with Crippen molar-refractivity contribution >= 4 is 45.1 Å². The summed E-state index contributed by atoms with van der Waals surface area (Å²) in [4.78, 5) is 13.9. The fourth-order valence-electron chi connectivity index (χ4n) is 3.79. The summed E-state index contributed by atoms with van der Waals surface area (Å²) in [7, 11) is -3.87. The van der Waals surface area contributed by atoms with E-state index in [9.17, 15) is 13.2 Å². The van der Waals surface area contributed by atoms with Gasteiger partial charge < -0.3 is 9.84 Å². The molecule has 1 fully saturated rings. The Balaban J connectivity index is 1.54. The number of piperidine rings is 1. The van der Waals surface area contributed by atoms with E-state index in [2.05, 4.69) is 10.5 Å². The van der Waals surface area contributed by atoms with Crippen molar-refractivity contribution in [2.45, 2.75) is 31.6 Å². The van der Waals surface area contributed by atoms with E-state index in [-0.39, 0.29) is 23.1 Å². The molecule has 0 spiro atoms. The lowest BCUT2D eigenvalue weighted by Crippen LogP contribution is -2.44. The molecule has 1 aliphatic rings. The highest BCUT2D eigenvalue weighted by atomic mass is 32.2. The number of hydrogen-bond donors (Lipinski definition) is 1. The third-order valence-corrected chi connectivity index (χ3v) is 8.39. The molecule has 1 saturated heterocycles. The molecule has 1 aromatic carbocycles. The highest BCUT2D eigenvalue weighted by Crippen LogP contribution is 2.30. The van der Waals surface area contributed by atoms with Crippen molar-refractivity contribution in [2.24, 2.45) is 5.92 Å². The minimum atomic E-state index is -3.87. The molecule has 9 heteroatoms. The van der Waals surface area contributed by atoms with E-state index in [0.717, 1.165) is 16.1 Å². The molecule has 3 aromatic rings. The van der Waals surface area contributed by atoms with Crippen LogP contribution < -0.4 is 5.32 Å². The number of carbonyl (C=O) groups excluding carboxylic acids is 1. The first-order chi connectivity index (χ1) is 15.4. The van der Waals surface area contributed by atoms with E-state index in [0.29, 0.717) is 25.1 Å². The molecule has 0 bridgehead atoms. The Bertz CT molecular complexity index is 1230. The Hall–Kier alpha value is -2.75. The maximum atomic E-state index is 13.5. The van der Waals surface area contributed by atoms with Gasteiger partial charge in [-0.3, -0.25) is 4.79 Å². The summed E-state index contributed by atoms with van der Waals surface area (Å²) < 4.78 is 33.7. The lowest BCUT2D eigenvalue weighted by Gasteiger charge is -2.31. The molecule has 4 rings (SSSR count). The van der Waals surface area contributed by atoms with E-state index in [1.165, 1.54) is 4.31 Å². The quantitative estimate of drug-likeness (QED) is 0.569. The van der Waals surface area contributed by atoms with E-state index in [1.807, 2.05) is 48.7 Å². The monoisotopic (exact) mass is 471 g/mol. The SMILES string of the molecule is Cc1ccccc1NC(=O)[C@@H]1CCCN(S(=O)(=O)c2c(C)noc2/C=C/c2cccs2)C1. The number of benzene rings is 1. The Morgan fingerprint density at radius 1 is 1.22 bits per heavy atom. The highest BCUT2D eigenvalue weighted by molar-refractivity contribution is 7.89. The smallest absolute Gasteiger partial charge is 0.248 e. The number of aryl methyl sites for hydroxylation is 2. The first kappa shape index (κ1) is 22.4. The highest BCUT2D eigenvalue weighted by Gasteiger charge is 2.37. The van der Waals surface area contributed by atoms with Gasteiger partial charge in [-0.2, -0.15) is 4.31 Å². The maximum absolute atomic E-state index is 13.5. The van der Waals surface area contributed by atoms with Crippen LogP contribution in [0.4, 0.5) is 5.69 Å². The molecular weight excluding hydrogens is 446 g/mol. The first-order valence-corrected chi connectivity index (χ1v) is 12.7. The van der Waals surface area contributed by atoms with Crippen molar-refractivity contribution < 1.29 is 17.7 Å². The number of nitrogens with zero attached hydrogens (tertiary/aromatic N) is 2. The molecule has 0 radical (unpaired) electrons. The summed E-state index contributed by atoms with van der Waals surface area (Å²) in [6.07, 6.45) is 4.68. The number of amides is 1. The van der Waals surface area contributed by atoms with E-state index >= 15 is 0 Å². The predicted molar refractivity (Wildman–Crippen MR) is 126 cm³/mol. The van der Waals surface area contributed by atoms with Gasteiger partial charge in [0.25, 0.3) is 0 Å². The molecular formula is C23H25N3O4S2. The van der Waals surface area contributed by atoms with Crippen molar-refractivity contribution in [3.8, 4) is 0 Å². The molecule has 32 heavy (non-hydrogen) atoms. The van der Waals surface area contributed by atoms with Crippen LogP contribution in [0.25, 0.3) is 12.2 Å². The number of carbonyl (C=O) groups is 1. The van der Waals surface area contributed by atoms with Gasteiger partial charge in [0.1, 0.15) is 5.69 Å². The van der Waals surface area contributed by atoms with Crippen LogP contribution in [0.1, 0.15) is 34.7 Å². The summed E-state index contributed by atoms with van der Waals surface area (Å²) in [5.74, 6) is -0.398. The molecule has 7 nitrogen and oxygen atoms in total. The Morgan fingerprint density at radius 3 is 2.78 bits per heavy atom. The van der Waals surface area contributed by atoms with Gasteiger partial charge in [0.2, 0.25) is 15.9 Å². The Kier molecular flexibility index (Phi) is 6.59. The second-order valence-electron chi connectivity index (χ2n) is 7.82. The number of nitrogens with one attached hydrogen (secondary N) is 1. The second kappa shape index (κ2) is 9.40. The fourth-order valence-corrected chi connectivity index (χ4v) is 6.19. The molecule has 0 aliphatic carbocycles. The molecule has 1 amide bonds. The van der Waals surface area contributed by atoms with Gasteiger partial charge >= 0.3 is 0 Å². The third kappa shape index (κ3) is 4.69. The predicted octanol–water partition coefficient (Wildman–Crippen LogP) is 4.56. The van der Waals surface area contributed by atoms with Crippen molar-refractivity contribution in [3.05, 3.63) is 63.7 Å². The molecule has 168 valence electrons. The van der Waals surface area contributed by atoms with Crippen LogP contribution in [0.2, 0.25) is 0 Å². The van der Waals surface area contributed by atoms with Crippen LogP contribution in [0.3, 0.4) is 0 Å². The van der Waals surface area contributed by atoms with Crippen molar-refractivity contribution in [1.82, 2.24) is 9.46 Å². The number of rotatable bonds is 6. The summed E-state index contributed by atoms with van der Waals surface area (Å²) in [5.41, 5.74) is 2.01. The maximum Gasteiger partial charge on any atom is 0.248 e. The average molecular weight is 472 g/mol. The fraction of sp³-hybridized carbons (Fsp3) is 0.304. The Labute approximate surface area is 191 Å². The number of para-hydroxylation sites is 1. The Morgan fingerprint density at radius 2 is 2.03 bits per heavy atom. The summed E-state index contributed by atoms with van der Waals surface area (Å²) in [6.45, 7) is 4.02. The largest absolute Gasteiger partial charge is 0.355 e. The van der Waals surface area contributed by atoms with Crippen LogP contribution in [0.5, 0.6) is 0 Å². The van der Waals surface area contributed by atoms with Crippen molar-refractivity contribution in [1.29, 1.82) is 0 Å². The van der Waals surface area contributed by atoms with E-state index in [4.69, 9.17) is 4.52 Å². The summed E-state index contributed by atoms with van der Waals surface area (Å²) >= 11 is 1.54. The minimum Gasteiger partial charge on any atom is -0.355 e. The van der Waals surface area contributed by atoms with Crippen LogP contribution in [-0.4, -0.2) is 36.9 Å². The molecule has 0 unspecified atom stereocenters. The molecule has 1 N–H and O–H groups in total. The topological polar surface area (TPSA) is 92.5 Å². The lowest BCUT2D eigenvalue weighted by molar-refractivity contribution is -0.120. The van der Waals surface area contributed by atoms with Gasteiger partial charge in [0.15, 0.2) is 10.7 Å². The van der Waals surface area contributed by atoms with Crippen LogP contribution in [0, 0.1) is 19.8 Å². The number of hydrogen-bond acceptors (Lipinski definition) is 6. The molecule has 0 saturated carbocycles. The molecule has 2 aromatic heterocycles. The number of thiophene rings is 1. The average Bonchev–Trinajstić information content (AvgIpc) is 3.43. The lowest BCUT2D eigenvalue weighted by atomic mass is 9.98. The van der Waals surface area contributed by atoms with Gasteiger partial charge in [-0.1, -0.05) is 29.4 Å². The number of anilines is 1. The van der Waals surface area contributed by atoms with Crippen molar-refractivity contribution in [3.63, 3.8) is 0 Å². The second-order valence-corrected chi connectivity index (χ2v) is 10.7. The van der Waals surface area contributed by atoms with E-state index in [1.54, 1.807) is 30.4 Å². The van der Waals surface area contributed by atoms with Crippen LogP contribution in [0.15, 0.2) is 51.2 Å². The normalized spacial score (nSPS) is 17.6.